The van der Waals surface area contributed by atoms with E-state index in [1.165, 1.54) is 22.9 Å². The molecule has 38 heavy (non-hydrogen) atoms. The maximum absolute atomic E-state index is 13.5. The average Bonchev–Trinajstić information content (AvgIpc) is 3.39. The highest BCUT2D eigenvalue weighted by Gasteiger charge is 2.30. The minimum absolute atomic E-state index is 0.239. The summed E-state index contributed by atoms with van der Waals surface area (Å²) in [5, 5.41) is 4.27. The minimum Gasteiger partial charge on any atom is -0.497 e. The van der Waals surface area contributed by atoms with Crippen molar-refractivity contribution in [1.82, 2.24) is 14.3 Å². The first kappa shape index (κ1) is 25.4. The van der Waals surface area contributed by atoms with Crippen molar-refractivity contribution in [2.45, 2.75) is 19.5 Å². The van der Waals surface area contributed by atoms with E-state index < -0.39 is 17.3 Å². The molecule has 0 unspecified atom stereocenters. The van der Waals surface area contributed by atoms with E-state index >= 15 is 0 Å². The van der Waals surface area contributed by atoms with Gasteiger partial charge in [-0.15, -0.1) is 0 Å². The summed E-state index contributed by atoms with van der Waals surface area (Å²) in [5.74, 6) is 0.363. The number of hydrogen-bond acceptors (Lipinski definition) is 3. The molecule has 2 aromatic heterocycles. The van der Waals surface area contributed by atoms with Crippen LogP contribution in [-0.2, 0) is 12.6 Å². The Labute approximate surface area is 219 Å². The smallest absolute Gasteiger partial charge is 0.416 e. The molecule has 0 aliphatic rings. The SMILES string of the molecule is COc1ccc2c(c1)c(Cc1cc(=O)n(-c3ccc(C(F)(F)F)cc3)[nH]1)c(C)n2C(=O)c1ccc(Cl)cc1. The number of fused-ring (bicyclic) bond motifs is 1. The molecule has 5 rings (SSSR count). The molecule has 0 atom stereocenters. The molecule has 0 saturated heterocycles. The lowest BCUT2D eigenvalue weighted by Crippen LogP contribution is -2.14. The minimum atomic E-state index is -4.47. The van der Waals surface area contributed by atoms with Crippen LogP contribution >= 0.6 is 11.6 Å². The van der Waals surface area contributed by atoms with Crippen LogP contribution in [0.3, 0.4) is 0 Å². The lowest BCUT2D eigenvalue weighted by molar-refractivity contribution is -0.137. The van der Waals surface area contributed by atoms with E-state index in [9.17, 15) is 22.8 Å². The van der Waals surface area contributed by atoms with E-state index in [-0.39, 0.29) is 18.0 Å². The second kappa shape index (κ2) is 9.57. The van der Waals surface area contributed by atoms with Crippen molar-refractivity contribution in [2.75, 3.05) is 7.11 Å². The standard InChI is InChI=1S/C28H21ClF3N3O3/c1-16-23(13-20-14-26(36)35(33-20)21-9-5-18(6-10-21)28(30,31)32)24-15-22(38-2)11-12-25(24)34(16)27(37)17-3-7-19(29)8-4-17/h3-12,14-15,33H,13H2,1-2H3. The van der Waals surface area contributed by atoms with Crippen molar-refractivity contribution >= 4 is 28.4 Å². The summed E-state index contributed by atoms with van der Waals surface area (Å²) < 4.78 is 47.0. The van der Waals surface area contributed by atoms with E-state index in [1.807, 2.05) is 13.0 Å². The molecule has 6 nitrogen and oxygen atoms in total. The first-order chi connectivity index (χ1) is 18.1. The van der Waals surface area contributed by atoms with Crippen molar-refractivity contribution < 1.29 is 22.7 Å². The molecule has 0 aliphatic carbocycles. The summed E-state index contributed by atoms with van der Waals surface area (Å²) in [5.41, 5.74) is 2.17. The van der Waals surface area contributed by atoms with Crippen molar-refractivity contribution in [3.05, 3.63) is 116 Å². The van der Waals surface area contributed by atoms with Crippen LogP contribution in [0.5, 0.6) is 5.75 Å². The molecule has 0 amide bonds. The van der Waals surface area contributed by atoms with Gasteiger partial charge in [-0.3, -0.25) is 19.3 Å². The topological polar surface area (TPSA) is 69.0 Å². The van der Waals surface area contributed by atoms with Gasteiger partial charge in [0, 0.05) is 39.8 Å². The third-order valence-corrected chi connectivity index (χ3v) is 6.68. The Balaban J connectivity index is 1.57. The number of benzene rings is 3. The number of carbonyl (C=O) groups excluding carboxylic acids is 1. The van der Waals surface area contributed by atoms with Crippen molar-refractivity contribution in [2.24, 2.45) is 0 Å². The second-order valence-electron chi connectivity index (χ2n) is 8.77. The van der Waals surface area contributed by atoms with Gasteiger partial charge in [0.1, 0.15) is 5.75 Å². The van der Waals surface area contributed by atoms with Gasteiger partial charge in [-0.2, -0.15) is 13.2 Å². The third-order valence-electron chi connectivity index (χ3n) is 6.43. The predicted molar refractivity (Wildman–Crippen MR) is 139 cm³/mol. The molecule has 0 fully saturated rings. The molecule has 1 N–H and O–H groups in total. The normalized spacial score (nSPS) is 11.7. The summed E-state index contributed by atoms with van der Waals surface area (Å²) in [6.07, 6.45) is -4.21. The van der Waals surface area contributed by atoms with Crippen LogP contribution in [-0.4, -0.2) is 27.4 Å². The van der Waals surface area contributed by atoms with E-state index in [0.717, 1.165) is 23.1 Å². The quantitative estimate of drug-likeness (QED) is 0.281. The maximum atomic E-state index is 13.5. The number of aromatic nitrogens is 3. The van der Waals surface area contributed by atoms with Crippen molar-refractivity contribution in [3.8, 4) is 11.4 Å². The summed E-state index contributed by atoms with van der Waals surface area (Å²) >= 11 is 5.99. The first-order valence-corrected chi connectivity index (χ1v) is 11.9. The second-order valence-corrected chi connectivity index (χ2v) is 9.21. The largest absolute Gasteiger partial charge is 0.497 e. The van der Waals surface area contributed by atoms with Crippen LogP contribution in [0, 0.1) is 6.92 Å². The number of halogens is 4. The van der Waals surface area contributed by atoms with Crippen LogP contribution < -0.4 is 10.3 Å². The number of ether oxygens (including phenoxy) is 1. The van der Waals surface area contributed by atoms with Gasteiger partial charge in [0.2, 0.25) is 0 Å². The number of H-pyrrole nitrogens is 1. The fourth-order valence-corrected chi connectivity index (χ4v) is 4.64. The average molecular weight is 540 g/mol. The number of nitrogens with one attached hydrogen (secondary N) is 1. The summed E-state index contributed by atoms with van der Waals surface area (Å²) in [4.78, 5) is 26.2. The van der Waals surface area contributed by atoms with Gasteiger partial charge in [0.15, 0.2) is 0 Å². The molecule has 194 valence electrons. The Kier molecular flexibility index (Phi) is 6.40. The fourth-order valence-electron chi connectivity index (χ4n) is 4.51. The number of hydrogen-bond donors (Lipinski definition) is 1. The Morgan fingerprint density at radius 1 is 1.00 bits per heavy atom. The van der Waals surface area contributed by atoms with Crippen molar-refractivity contribution in [3.63, 3.8) is 0 Å². The Morgan fingerprint density at radius 3 is 2.32 bits per heavy atom. The number of carbonyl (C=O) groups is 1. The molecule has 5 aromatic rings. The lowest BCUT2D eigenvalue weighted by Gasteiger charge is -2.08. The van der Waals surface area contributed by atoms with Crippen LogP contribution in [0.15, 0.2) is 77.6 Å². The number of aromatic amines is 1. The Bertz CT molecular complexity index is 1710. The van der Waals surface area contributed by atoms with Gasteiger partial charge >= 0.3 is 6.18 Å². The lowest BCUT2D eigenvalue weighted by atomic mass is 10.1. The molecule has 3 aromatic carbocycles. The van der Waals surface area contributed by atoms with E-state index in [1.54, 1.807) is 48.1 Å². The molecule has 10 heteroatoms. The highest BCUT2D eigenvalue weighted by molar-refractivity contribution is 6.30. The molecule has 2 heterocycles. The molecule has 0 bridgehead atoms. The van der Waals surface area contributed by atoms with Crippen LogP contribution in [0.2, 0.25) is 5.02 Å². The van der Waals surface area contributed by atoms with Gasteiger partial charge in [-0.25, -0.2) is 4.68 Å². The van der Waals surface area contributed by atoms with Gasteiger partial charge in [-0.05, 0) is 79.2 Å². The third kappa shape index (κ3) is 4.61. The fraction of sp³-hybridized carbons (Fsp3) is 0.143. The van der Waals surface area contributed by atoms with Gasteiger partial charge in [0.25, 0.3) is 11.5 Å². The van der Waals surface area contributed by atoms with Gasteiger partial charge < -0.3 is 4.74 Å². The molecule has 0 radical (unpaired) electrons. The van der Waals surface area contributed by atoms with Crippen LogP contribution in [0.1, 0.15) is 32.9 Å². The number of rotatable bonds is 5. The van der Waals surface area contributed by atoms with Gasteiger partial charge in [0.05, 0.1) is 23.9 Å². The van der Waals surface area contributed by atoms with Crippen LogP contribution in [0.25, 0.3) is 16.6 Å². The molecule has 0 saturated carbocycles. The molecular weight excluding hydrogens is 519 g/mol. The summed E-state index contributed by atoms with van der Waals surface area (Å²) in [7, 11) is 1.55. The highest BCUT2D eigenvalue weighted by atomic mass is 35.5. The first-order valence-electron chi connectivity index (χ1n) is 11.5. The molecule has 0 spiro atoms. The summed E-state index contributed by atoms with van der Waals surface area (Å²) in [6.45, 7) is 1.82. The number of methoxy groups -OCH3 is 1. The number of alkyl halides is 3. The monoisotopic (exact) mass is 539 g/mol. The zero-order valence-electron chi connectivity index (χ0n) is 20.3. The predicted octanol–water partition coefficient (Wildman–Crippen LogP) is 6.39. The Morgan fingerprint density at radius 2 is 1.68 bits per heavy atom. The molecule has 0 aliphatic heterocycles. The zero-order chi connectivity index (χ0) is 27.2. The van der Waals surface area contributed by atoms with Crippen molar-refractivity contribution in [1.29, 1.82) is 0 Å². The van der Waals surface area contributed by atoms with Gasteiger partial charge in [-0.1, -0.05) is 11.6 Å². The van der Waals surface area contributed by atoms with E-state index in [2.05, 4.69) is 5.10 Å². The Hall–Kier alpha value is -4.24. The van der Waals surface area contributed by atoms with E-state index in [4.69, 9.17) is 16.3 Å². The molecular formula is C28H21ClF3N3O3. The highest BCUT2D eigenvalue weighted by Crippen LogP contribution is 2.32. The number of nitrogens with zero attached hydrogens (tertiary/aromatic N) is 2. The van der Waals surface area contributed by atoms with Crippen LogP contribution in [0.4, 0.5) is 13.2 Å². The maximum Gasteiger partial charge on any atom is 0.416 e. The summed E-state index contributed by atoms with van der Waals surface area (Å²) in [6, 6.07) is 17.7. The van der Waals surface area contributed by atoms with E-state index in [0.29, 0.717) is 33.2 Å². The zero-order valence-corrected chi connectivity index (χ0v) is 21.0.